The summed E-state index contributed by atoms with van der Waals surface area (Å²) in [5.41, 5.74) is 3.40. The quantitative estimate of drug-likeness (QED) is 0.453. The third-order valence-electron chi connectivity index (χ3n) is 5.39. The van der Waals surface area contributed by atoms with E-state index in [9.17, 15) is 8.42 Å². The molecule has 0 aliphatic carbocycles. The van der Waals surface area contributed by atoms with Crippen LogP contribution < -0.4 is 4.31 Å². The maximum absolute atomic E-state index is 13.6. The number of anilines is 1. The SMILES string of the molecule is C=C1c2ccc(Cl)cc2N(S(=O)(=O)c2ccc(C)cc2)[C@@H]1CCCCCCC. The van der Waals surface area contributed by atoms with Crippen LogP contribution in [0.2, 0.25) is 5.02 Å². The summed E-state index contributed by atoms with van der Waals surface area (Å²) in [6, 6.07) is 12.2. The fourth-order valence-electron chi connectivity index (χ4n) is 3.80. The molecule has 0 spiro atoms. The van der Waals surface area contributed by atoms with Gasteiger partial charge in [0.1, 0.15) is 0 Å². The molecular weight excluding hydrogens is 390 g/mol. The van der Waals surface area contributed by atoms with Gasteiger partial charge in [0.2, 0.25) is 0 Å². The predicted molar refractivity (Wildman–Crippen MR) is 118 cm³/mol. The third kappa shape index (κ3) is 4.13. The van der Waals surface area contributed by atoms with Gasteiger partial charge < -0.3 is 0 Å². The van der Waals surface area contributed by atoms with Crippen molar-refractivity contribution in [1.82, 2.24) is 0 Å². The zero-order chi connectivity index (χ0) is 20.3. The highest BCUT2D eigenvalue weighted by Gasteiger charge is 2.40. The Bertz CT molecular complexity index is 951. The number of halogens is 1. The molecule has 0 saturated carbocycles. The van der Waals surface area contributed by atoms with Crippen LogP contribution in [-0.4, -0.2) is 14.5 Å². The Kier molecular flexibility index (Phi) is 6.51. The summed E-state index contributed by atoms with van der Waals surface area (Å²) in [4.78, 5) is 0.301. The molecule has 1 aliphatic rings. The zero-order valence-corrected chi connectivity index (χ0v) is 18.2. The van der Waals surface area contributed by atoms with Crippen LogP contribution in [-0.2, 0) is 10.0 Å². The number of hydrogen-bond donors (Lipinski definition) is 0. The van der Waals surface area contributed by atoms with E-state index in [1.54, 1.807) is 28.6 Å². The van der Waals surface area contributed by atoms with Crippen LogP contribution in [0.3, 0.4) is 0 Å². The normalized spacial score (nSPS) is 16.5. The third-order valence-corrected chi connectivity index (χ3v) is 7.46. The second kappa shape index (κ2) is 8.71. The van der Waals surface area contributed by atoms with Crippen LogP contribution >= 0.6 is 11.6 Å². The fraction of sp³-hybridized carbons (Fsp3) is 0.391. The van der Waals surface area contributed by atoms with E-state index in [1.165, 1.54) is 19.3 Å². The number of sulfonamides is 1. The Hall–Kier alpha value is -1.78. The molecule has 5 heteroatoms. The Balaban J connectivity index is 1.97. The van der Waals surface area contributed by atoms with Crippen molar-refractivity contribution in [2.45, 2.75) is 63.3 Å². The zero-order valence-electron chi connectivity index (χ0n) is 16.6. The smallest absolute Gasteiger partial charge is 0.258 e. The van der Waals surface area contributed by atoms with Crippen molar-refractivity contribution in [2.24, 2.45) is 0 Å². The van der Waals surface area contributed by atoms with Gasteiger partial charge in [0.25, 0.3) is 10.0 Å². The summed E-state index contributed by atoms with van der Waals surface area (Å²) in [5, 5.41) is 0.527. The number of fused-ring (bicyclic) bond motifs is 1. The Labute approximate surface area is 174 Å². The van der Waals surface area contributed by atoms with Gasteiger partial charge in [-0.25, -0.2) is 8.42 Å². The molecule has 2 aromatic carbocycles. The van der Waals surface area contributed by atoms with Crippen LogP contribution in [0.5, 0.6) is 0 Å². The molecule has 0 aromatic heterocycles. The molecule has 0 radical (unpaired) electrons. The number of hydrogen-bond acceptors (Lipinski definition) is 2. The first-order valence-electron chi connectivity index (χ1n) is 9.96. The summed E-state index contributed by atoms with van der Waals surface area (Å²) in [7, 11) is -3.70. The summed E-state index contributed by atoms with van der Waals surface area (Å²) in [5.74, 6) is 0. The predicted octanol–water partition coefficient (Wildman–Crippen LogP) is 6.60. The van der Waals surface area contributed by atoms with E-state index in [2.05, 4.69) is 13.5 Å². The van der Waals surface area contributed by atoms with Gasteiger partial charge in [-0.2, -0.15) is 0 Å². The summed E-state index contributed by atoms with van der Waals surface area (Å²) < 4.78 is 28.6. The molecule has 1 atom stereocenters. The molecule has 1 aliphatic heterocycles. The minimum absolute atomic E-state index is 0.263. The van der Waals surface area contributed by atoms with Crippen LogP contribution in [0, 0.1) is 6.92 Å². The van der Waals surface area contributed by atoms with Crippen molar-refractivity contribution < 1.29 is 8.42 Å². The van der Waals surface area contributed by atoms with Crippen molar-refractivity contribution in [1.29, 1.82) is 0 Å². The standard InChI is InChI=1S/C23H28ClNO2S/c1-4-5-6-7-8-9-22-18(3)21-15-12-19(24)16-23(21)25(22)28(26,27)20-13-10-17(2)11-14-20/h10-16,22H,3-9H2,1-2H3/t22-/m1/s1. The maximum atomic E-state index is 13.6. The van der Waals surface area contributed by atoms with Crippen molar-refractivity contribution in [2.75, 3.05) is 4.31 Å². The summed E-state index contributed by atoms with van der Waals surface area (Å²) in [6.45, 7) is 8.38. The van der Waals surface area contributed by atoms with E-state index in [-0.39, 0.29) is 6.04 Å². The van der Waals surface area contributed by atoms with E-state index in [1.807, 2.05) is 25.1 Å². The monoisotopic (exact) mass is 417 g/mol. The highest BCUT2D eigenvalue weighted by atomic mass is 35.5. The molecule has 150 valence electrons. The second-order valence-electron chi connectivity index (χ2n) is 7.52. The minimum atomic E-state index is -3.70. The molecular formula is C23H28ClNO2S. The molecule has 0 saturated heterocycles. The molecule has 0 amide bonds. The molecule has 28 heavy (non-hydrogen) atoms. The van der Waals surface area contributed by atoms with E-state index in [0.717, 1.165) is 36.0 Å². The van der Waals surface area contributed by atoms with Crippen LogP contribution in [0.15, 0.2) is 53.9 Å². The van der Waals surface area contributed by atoms with Crippen molar-refractivity contribution >= 4 is 32.9 Å². The molecule has 0 bridgehead atoms. The molecule has 2 aromatic rings. The van der Waals surface area contributed by atoms with Gasteiger partial charge in [-0.3, -0.25) is 4.31 Å². The largest absolute Gasteiger partial charge is 0.264 e. The number of nitrogens with zero attached hydrogens (tertiary/aromatic N) is 1. The van der Waals surface area contributed by atoms with Crippen molar-refractivity contribution in [3.8, 4) is 0 Å². The average molecular weight is 418 g/mol. The number of rotatable bonds is 8. The van der Waals surface area contributed by atoms with Gasteiger partial charge in [-0.1, -0.05) is 81.0 Å². The first-order valence-corrected chi connectivity index (χ1v) is 11.8. The summed E-state index contributed by atoms with van der Waals surface area (Å²) >= 11 is 6.21. The summed E-state index contributed by atoms with van der Waals surface area (Å²) in [6.07, 6.45) is 6.43. The van der Waals surface area contributed by atoms with Crippen LogP contribution in [0.1, 0.15) is 56.6 Å². The fourth-order valence-corrected chi connectivity index (χ4v) is 5.65. The van der Waals surface area contributed by atoms with Crippen LogP contribution in [0.4, 0.5) is 5.69 Å². The van der Waals surface area contributed by atoms with Gasteiger partial charge >= 0.3 is 0 Å². The lowest BCUT2D eigenvalue weighted by Crippen LogP contribution is -2.37. The van der Waals surface area contributed by atoms with E-state index in [0.29, 0.717) is 15.6 Å². The van der Waals surface area contributed by atoms with Gasteiger partial charge in [-0.05, 0) is 43.2 Å². The van der Waals surface area contributed by atoms with Crippen molar-refractivity contribution in [3.05, 3.63) is 65.2 Å². The highest BCUT2D eigenvalue weighted by Crippen LogP contribution is 2.45. The van der Waals surface area contributed by atoms with Gasteiger partial charge in [0.05, 0.1) is 16.6 Å². The molecule has 1 heterocycles. The second-order valence-corrected chi connectivity index (χ2v) is 9.77. The Morgan fingerprint density at radius 3 is 2.39 bits per heavy atom. The van der Waals surface area contributed by atoms with E-state index < -0.39 is 10.0 Å². The highest BCUT2D eigenvalue weighted by molar-refractivity contribution is 7.93. The first-order chi connectivity index (χ1) is 13.4. The number of aryl methyl sites for hydroxylation is 1. The topological polar surface area (TPSA) is 37.4 Å². The Morgan fingerprint density at radius 1 is 1.04 bits per heavy atom. The lowest BCUT2D eigenvalue weighted by Gasteiger charge is -2.27. The van der Waals surface area contributed by atoms with Crippen molar-refractivity contribution in [3.63, 3.8) is 0 Å². The molecule has 0 unspecified atom stereocenters. The molecule has 0 N–H and O–H groups in total. The van der Waals surface area contributed by atoms with E-state index >= 15 is 0 Å². The molecule has 3 nitrogen and oxygen atoms in total. The van der Waals surface area contributed by atoms with Gasteiger partial charge in [-0.15, -0.1) is 0 Å². The van der Waals surface area contributed by atoms with Crippen LogP contribution in [0.25, 0.3) is 5.57 Å². The lowest BCUT2D eigenvalue weighted by atomic mass is 9.99. The number of unbranched alkanes of at least 4 members (excludes halogenated alkanes) is 4. The lowest BCUT2D eigenvalue weighted by molar-refractivity contribution is 0.567. The van der Waals surface area contributed by atoms with E-state index in [4.69, 9.17) is 11.6 Å². The average Bonchev–Trinajstić information content (AvgIpc) is 2.94. The number of benzene rings is 2. The minimum Gasteiger partial charge on any atom is -0.258 e. The van der Waals surface area contributed by atoms with Gasteiger partial charge in [0.15, 0.2) is 0 Å². The molecule has 3 rings (SSSR count). The van der Waals surface area contributed by atoms with Gasteiger partial charge in [0, 0.05) is 10.6 Å². The Morgan fingerprint density at radius 2 is 1.71 bits per heavy atom. The maximum Gasteiger partial charge on any atom is 0.264 e. The molecule has 0 fully saturated rings. The first kappa shape index (κ1) is 20.9.